The average molecular weight is 417 g/mol. The Morgan fingerprint density at radius 3 is 2.53 bits per heavy atom. The Kier molecular flexibility index (Phi) is 5.53. The lowest BCUT2D eigenvalue weighted by molar-refractivity contribution is -0.167. The van der Waals surface area contributed by atoms with E-state index in [9.17, 15) is 18.0 Å². The van der Waals surface area contributed by atoms with Gasteiger partial charge in [-0.1, -0.05) is 0 Å². The maximum atomic E-state index is 14.4. The Hall–Kier alpha value is -2.84. The van der Waals surface area contributed by atoms with Crippen LogP contribution in [0.4, 0.5) is 13.2 Å². The predicted octanol–water partition coefficient (Wildman–Crippen LogP) is 4.11. The quantitative estimate of drug-likeness (QED) is 0.594. The average Bonchev–Trinajstić information content (AvgIpc) is 3.06. The number of amides is 1. The molecule has 4 rings (SSSR count). The maximum absolute atomic E-state index is 14.4. The van der Waals surface area contributed by atoms with E-state index in [4.69, 9.17) is 4.84 Å². The van der Waals surface area contributed by atoms with Crippen molar-refractivity contribution in [3.8, 4) is 11.3 Å². The molecule has 0 radical (unpaired) electrons. The molecule has 8 heteroatoms. The summed E-state index contributed by atoms with van der Waals surface area (Å²) in [4.78, 5) is 19.8. The lowest BCUT2D eigenvalue weighted by Gasteiger charge is -2.37. The first-order valence-corrected chi connectivity index (χ1v) is 9.68. The summed E-state index contributed by atoms with van der Waals surface area (Å²) in [5.41, 5.74) is 2.41. The number of aromatic nitrogens is 1. The molecule has 3 aromatic rings. The summed E-state index contributed by atoms with van der Waals surface area (Å²) < 4.78 is 41.7. The molecule has 1 amide bonds. The van der Waals surface area contributed by atoms with Crippen LogP contribution < -0.4 is 5.32 Å². The maximum Gasteiger partial charge on any atom is 0.259 e. The zero-order chi connectivity index (χ0) is 21.4. The molecule has 1 aliphatic carbocycles. The summed E-state index contributed by atoms with van der Waals surface area (Å²) >= 11 is 0. The van der Waals surface area contributed by atoms with Crippen LogP contribution in [0.5, 0.6) is 0 Å². The summed E-state index contributed by atoms with van der Waals surface area (Å²) in [7, 11) is 2.96. The number of hydroxylamine groups is 2. The number of aromatic amines is 1. The molecule has 2 aromatic carbocycles. The van der Waals surface area contributed by atoms with Crippen molar-refractivity contribution in [2.24, 2.45) is 0 Å². The number of benzene rings is 2. The minimum atomic E-state index is -0.665. The first kappa shape index (κ1) is 20.4. The molecule has 5 nitrogen and oxygen atoms in total. The summed E-state index contributed by atoms with van der Waals surface area (Å²) in [5.74, 6) is -1.82. The highest BCUT2D eigenvalue weighted by molar-refractivity contribution is 5.92. The highest BCUT2D eigenvalue weighted by atomic mass is 19.1. The Morgan fingerprint density at radius 2 is 1.87 bits per heavy atom. The molecule has 158 valence electrons. The van der Waals surface area contributed by atoms with E-state index in [1.54, 1.807) is 12.1 Å². The first-order valence-electron chi connectivity index (χ1n) is 9.68. The van der Waals surface area contributed by atoms with Gasteiger partial charge in [-0.2, -0.15) is 0 Å². The van der Waals surface area contributed by atoms with Gasteiger partial charge in [0.1, 0.15) is 17.5 Å². The third-order valence-corrected chi connectivity index (χ3v) is 5.71. The number of fused-ring (bicyclic) bond motifs is 1. The summed E-state index contributed by atoms with van der Waals surface area (Å²) in [6, 6.07) is 8.19. The van der Waals surface area contributed by atoms with E-state index in [0.29, 0.717) is 29.5 Å². The minimum Gasteiger partial charge on any atom is -0.352 e. The van der Waals surface area contributed by atoms with Gasteiger partial charge in [-0.15, -0.1) is 0 Å². The predicted molar refractivity (Wildman–Crippen MR) is 107 cm³/mol. The van der Waals surface area contributed by atoms with E-state index in [1.165, 1.54) is 32.4 Å². The molecule has 30 heavy (non-hydrogen) atoms. The largest absolute Gasteiger partial charge is 0.352 e. The highest BCUT2D eigenvalue weighted by Gasteiger charge is 2.35. The van der Waals surface area contributed by atoms with Crippen LogP contribution in [0.15, 0.2) is 36.4 Å². The topological polar surface area (TPSA) is 57.4 Å². The Bertz CT molecular complexity index is 1080. The zero-order valence-corrected chi connectivity index (χ0v) is 16.6. The molecule has 1 aromatic heterocycles. The van der Waals surface area contributed by atoms with Crippen molar-refractivity contribution in [3.63, 3.8) is 0 Å². The third-order valence-electron chi connectivity index (χ3n) is 5.71. The van der Waals surface area contributed by atoms with Crippen LogP contribution in [0.3, 0.4) is 0 Å². The molecule has 0 atom stereocenters. The number of nitrogens with one attached hydrogen (secondary N) is 2. The van der Waals surface area contributed by atoms with Crippen LogP contribution in [0.25, 0.3) is 22.2 Å². The van der Waals surface area contributed by atoms with Crippen LogP contribution in [0.2, 0.25) is 0 Å². The van der Waals surface area contributed by atoms with Crippen LogP contribution in [-0.2, 0) is 9.63 Å². The second-order valence-electron chi connectivity index (χ2n) is 7.55. The smallest absolute Gasteiger partial charge is 0.259 e. The molecule has 1 fully saturated rings. The van der Waals surface area contributed by atoms with Crippen molar-refractivity contribution >= 4 is 16.8 Å². The normalized spacial score (nSPS) is 18.4. The van der Waals surface area contributed by atoms with E-state index in [0.717, 1.165) is 16.7 Å². The van der Waals surface area contributed by atoms with Gasteiger partial charge in [0.2, 0.25) is 0 Å². The van der Waals surface area contributed by atoms with E-state index < -0.39 is 11.6 Å². The van der Waals surface area contributed by atoms with E-state index in [-0.39, 0.29) is 35.7 Å². The zero-order valence-electron chi connectivity index (χ0n) is 16.6. The molecule has 0 bridgehead atoms. The Balaban J connectivity index is 1.61. The van der Waals surface area contributed by atoms with Crippen LogP contribution >= 0.6 is 0 Å². The van der Waals surface area contributed by atoms with Crippen LogP contribution in [0.1, 0.15) is 24.3 Å². The number of rotatable bonds is 6. The first-order chi connectivity index (χ1) is 14.4. The number of carbonyl (C=O) groups is 1. The van der Waals surface area contributed by atoms with E-state index >= 15 is 0 Å². The van der Waals surface area contributed by atoms with Gasteiger partial charge in [-0.25, -0.2) is 18.2 Å². The van der Waals surface area contributed by atoms with Crippen molar-refractivity contribution in [2.75, 3.05) is 20.7 Å². The number of hydrogen-bond acceptors (Lipinski definition) is 3. The molecular formula is C22H22F3N3O2. The van der Waals surface area contributed by atoms with Crippen molar-refractivity contribution in [1.29, 1.82) is 0 Å². The fourth-order valence-corrected chi connectivity index (χ4v) is 3.97. The van der Waals surface area contributed by atoms with Crippen molar-refractivity contribution < 1.29 is 22.8 Å². The van der Waals surface area contributed by atoms with Gasteiger partial charge in [0.15, 0.2) is 0 Å². The third kappa shape index (κ3) is 3.80. The number of likely N-dealkylation sites (N-methyl/N-ethyl adjacent to an activating group) is 1. The molecule has 1 saturated carbocycles. The molecule has 0 aliphatic heterocycles. The molecule has 1 aliphatic rings. The van der Waals surface area contributed by atoms with Crippen LogP contribution in [-0.4, -0.2) is 42.7 Å². The van der Waals surface area contributed by atoms with Gasteiger partial charge in [0, 0.05) is 24.5 Å². The molecule has 2 N–H and O–H groups in total. The SMILES string of the molecule is CON(C)C(=O)CN[C@H]1C[C@H](c2c(-c3ccc(F)cc3)[nH]c3c(F)cc(F)cc32)C1. The number of H-pyrrole nitrogens is 1. The van der Waals surface area contributed by atoms with Crippen molar-refractivity contribution in [1.82, 2.24) is 15.4 Å². The lowest BCUT2D eigenvalue weighted by Crippen LogP contribution is -2.45. The van der Waals surface area contributed by atoms with Gasteiger partial charge < -0.3 is 10.3 Å². The minimum absolute atomic E-state index is 0.0489. The number of halogens is 3. The van der Waals surface area contributed by atoms with Gasteiger partial charge in [-0.05, 0) is 60.2 Å². The van der Waals surface area contributed by atoms with Crippen molar-refractivity contribution in [2.45, 2.75) is 24.8 Å². The molecular weight excluding hydrogens is 395 g/mol. The molecule has 0 spiro atoms. The van der Waals surface area contributed by atoms with E-state index in [2.05, 4.69) is 10.3 Å². The van der Waals surface area contributed by atoms with Gasteiger partial charge in [0.25, 0.3) is 5.91 Å². The number of nitrogens with zero attached hydrogens (tertiary/aromatic N) is 1. The second-order valence-corrected chi connectivity index (χ2v) is 7.55. The van der Waals surface area contributed by atoms with Gasteiger partial charge >= 0.3 is 0 Å². The summed E-state index contributed by atoms with van der Waals surface area (Å²) in [6.45, 7) is 0.143. The van der Waals surface area contributed by atoms with Crippen molar-refractivity contribution in [3.05, 3.63) is 59.4 Å². The monoisotopic (exact) mass is 417 g/mol. The van der Waals surface area contributed by atoms with Gasteiger partial charge in [-0.3, -0.25) is 9.63 Å². The molecule has 0 saturated heterocycles. The Labute approximate surface area is 171 Å². The standard InChI is InChI=1S/C22H22F3N3O2/c1-28(30-2)19(29)11-26-16-7-13(8-16)20-17-9-15(24)10-18(25)22(17)27-21(20)12-3-5-14(23)6-4-12/h3-6,9-10,13,16,26-27H,7-8,11H2,1-2H3/t13-,16-. The lowest BCUT2D eigenvalue weighted by atomic mass is 9.74. The fraction of sp³-hybridized carbons (Fsp3) is 0.318. The molecule has 1 heterocycles. The second kappa shape index (κ2) is 8.12. The fourth-order valence-electron chi connectivity index (χ4n) is 3.97. The highest BCUT2D eigenvalue weighted by Crippen LogP contribution is 2.45. The van der Waals surface area contributed by atoms with E-state index in [1.807, 2.05) is 0 Å². The number of carbonyl (C=O) groups excluding carboxylic acids is 1. The van der Waals surface area contributed by atoms with Gasteiger partial charge in [0.05, 0.1) is 24.9 Å². The summed E-state index contributed by atoms with van der Waals surface area (Å²) in [6.07, 6.45) is 1.42. The molecule has 0 unspecified atom stereocenters. The number of hydrogen-bond donors (Lipinski definition) is 2. The van der Waals surface area contributed by atoms with Crippen LogP contribution in [0, 0.1) is 17.5 Å². The Morgan fingerprint density at radius 1 is 1.17 bits per heavy atom. The summed E-state index contributed by atoms with van der Waals surface area (Å²) in [5, 5.41) is 4.83.